The van der Waals surface area contributed by atoms with E-state index in [1.54, 1.807) is 6.07 Å². The molecule has 1 N–H and O–H groups in total. The first kappa shape index (κ1) is 17.3. The molecule has 1 atom stereocenters. The number of rotatable bonds is 5. The first-order chi connectivity index (χ1) is 12.0. The Morgan fingerprint density at radius 2 is 2.20 bits per heavy atom. The van der Waals surface area contributed by atoms with Crippen molar-refractivity contribution in [2.24, 2.45) is 0 Å². The summed E-state index contributed by atoms with van der Waals surface area (Å²) in [5, 5.41) is 9.31. The van der Waals surface area contributed by atoms with E-state index in [-0.39, 0.29) is 5.56 Å². The number of anilines is 1. The van der Waals surface area contributed by atoms with Crippen molar-refractivity contribution in [3.05, 3.63) is 35.9 Å². The molecule has 0 aromatic carbocycles. The van der Waals surface area contributed by atoms with Crippen molar-refractivity contribution in [1.82, 2.24) is 14.5 Å². The highest BCUT2D eigenvalue weighted by Gasteiger charge is 2.26. The summed E-state index contributed by atoms with van der Waals surface area (Å²) in [6.45, 7) is 5.91. The van der Waals surface area contributed by atoms with Crippen LogP contribution >= 0.6 is 0 Å². The van der Waals surface area contributed by atoms with Crippen LogP contribution in [0.1, 0.15) is 54.8 Å². The van der Waals surface area contributed by atoms with E-state index in [9.17, 15) is 9.90 Å². The molecule has 0 aliphatic carbocycles. The molecule has 0 amide bonds. The molecule has 7 nitrogen and oxygen atoms in total. The van der Waals surface area contributed by atoms with Gasteiger partial charge in [-0.15, -0.1) is 0 Å². The van der Waals surface area contributed by atoms with E-state index in [0.29, 0.717) is 23.7 Å². The third kappa shape index (κ3) is 3.60. The van der Waals surface area contributed by atoms with Crippen LogP contribution < -0.4 is 9.64 Å². The minimum absolute atomic E-state index is 0.188. The van der Waals surface area contributed by atoms with Crippen molar-refractivity contribution in [2.75, 3.05) is 25.1 Å². The molecule has 134 valence electrons. The van der Waals surface area contributed by atoms with E-state index in [1.807, 2.05) is 12.4 Å². The van der Waals surface area contributed by atoms with Crippen molar-refractivity contribution >= 4 is 11.8 Å². The highest BCUT2D eigenvalue weighted by Crippen LogP contribution is 2.30. The second-order valence-electron chi connectivity index (χ2n) is 6.63. The normalized spacial score (nSPS) is 17.8. The number of aromatic carboxylic acids is 1. The number of carboxylic acids is 1. The maximum atomic E-state index is 11.4. The second-order valence-corrected chi connectivity index (χ2v) is 6.63. The maximum Gasteiger partial charge on any atom is 0.336 e. The standard InChI is InChI=1S/C18H24N4O3/c1-12(2)22-8-6-19-17(22)13-5-4-7-21(11-13)15-9-14(18(23)24)10-16(20-15)25-3/h6,8-10,12-13H,4-5,7,11H2,1-3H3,(H,23,24). The molecule has 2 aromatic rings. The summed E-state index contributed by atoms with van der Waals surface area (Å²) in [5.41, 5.74) is 0.188. The largest absolute Gasteiger partial charge is 0.481 e. The molecule has 0 saturated carbocycles. The minimum Gasteiger partial charge on any atom is -0.481 e. The molecule has 0 bridgehead atoms. The third-order valence-corrected chi connectivity index (χ3v) is 4.61. The third-order valence-electron chi connectivity index (χ3n) is 4.61. The molecule has 0 spiro atoms. The molecule has 2 aromatic heterocycles. The molecule has 3 heterocycles. The molecular weight excluding hydrogens is 320 g/mol. The number of hydrogen-bond acceptors (Lipinski definition) is 5. The fraction of sp³-hybridized carbons (Fsp3) is 0.500. The number of aromatic nitrogens is 3. The van der Waals surface area contributed by atoms with Gasteiger partial charge in [0.05, 0.1) is 12.7 Å². The summed E-state index contributed by atoms with van der Waals surface area (Å²) in [6, 6.07) is 3.42. The van der Waals surface area contributed by atoms with Gasteiger partial charge >= 0.3 is 5.97 Å². The van der Waals surface area contributed by atoms with Gasteiger partial charge in [-0.25, -0.2) is 9.78 Å². The lowest BCUT2D eigenvalue weighted by Crippen LogP contribution is -2.36. The van der Waals surface area contributed by atoms with Gasteiger partial charge in [-0.05, 0) is 32.8 Å². The molecule has 7 heteroatoms. The van der Waals surface area contributed by atoms with Gasteiger partial charge in [0.25, 0.3) is 0 Å². The summed E-state index contributed by atoms with van der Waals surface area (Å²) >= 11 is 0. The molecule has 1 saturated heterocycles. The predicted octanol–water partition coefficient (Wildman–Crippen LogP) is 2.95. The van der Waals surface area contributed by atoms with Gasteiger partial charge < -0.3 is 19.3 Å². The summed E-state index contributed by atoms with van der Waals surface area (Å²) in [6.07, 6.45) is 5.94. The topological polar surface area (TPSA) is 80.5 Å². The number of piperidine rings is 1. The average Bonchev–Trinajstić information content (AvgIpc) is 3.11. The zero-order chi connectivity index (χ0) is 18.0. The quantitative estimate of drug-likeness (QED) is 0.898. The van der Waals surface area contributed by atoms with Crippen molar-refractivity contribution in [3.63, 3.8) is 0 Å². The van der Waals surface area contributed by atoms with Gasteiger partial charge in [-0.2, -0.15) is 4.98 Å². The van der Waals surface area contributed by atoms with E-state index in [4.69, 9.17) is 4.74 Å². The summed E-state index contributed by atoms with van der Waals surface area (Å²) in [4.78, 5) is 22.5. The summed E-state index contributed by atoms with van der Waals surface area (Å²) in [7, 11) is 1.50. The average molecular weight is 344 g/mol. The molecule has 1 aliphatic rings. The maximum absolute atomic E-state index is 11.4. The van der Waals surface area contributed by atoms with E-state index < -0.39 is 5.97 Å². The molecule has 1 unspecified atom stereocenters. The fourth-order valence-corrected chi connectivity index (χ4v) is 3.35. The lowest BCUT2D eigenvalue weighted by molar-refractivity contribution is 0.0696. The molecule has 0 radical (unpaired) electrons. The van der Waals surface area contributed by atoms with Crippen LogP contribution in [0, 0.1) is 0 Å². The van der Waals surface area contributed by atoms with Gasteiger partial charge in [-0.3, -0.25) is 0 Å². The number of imidazole rings is 1. The number of carboxylic acid groups (broad SMARTS) is 1. The van der Waals surface area contributed by atoms with Crippen LogP contribution in [0.3, 0.4) is 0 Å². The Kier molecular flexibility index (Phi) is 4.92. The Labute approximate surface area is 147 Å². The number of pyridine rings is 1. The number of hydrogen-bond donors (Lipinski definition) is 1. The number of methoxy groups -OCH3 is 1. The monoisotopic (exact) mass is 344 g/mol. The smallest absolute Gasteiger partial charge is 0.336 e. The van der Waals surface area contributed by atoms with Crippen molar-refractivity contribution in [1.29, 1.82) is 0 Å². The van der Waals surface area contributed by atoms with E-state index >= 15 is 0 Å². The summed E-state index contributed by atoms with van der Waals surface area (Å²) in [5.74, 6) is 1.36. The first-order valence-corrected chi connectivity index (χ1v) is 8.56. The molecule has 1 aliphatic heterocycles. The van der Waals surface area contributed by atoms with Gasteiger partial charge in [0, 0.05) is 43.5 Å². The van der Waals surface area contributed by atoms with Gasteiger partial charge in [0.1, 0.15) is 11.6 Å². The van der Waals surface area contributed by atoms with Crippen LogP contribution in [0.15, 0.2) is 24.5 Å². The molecule has 3 rings (SSSR count). The van der Waals surface area contributed by atoms with Crippen LogP contribution in [0.2, 0.25) is 0 Å². The highest BCUT2D eigenvalue weighted by atomic mass is 16.5. The number of carbonyl (C=O) groups is 1. The number of ether oxygens (including phenoxy) is 1. The van der Waals surface area contributed by atoms with E-state index in [2.05, 4.69) is 33.3 Å². The van der Waals surface area contributed by atoms with Gasteiger partial charge in [0.15, 0.2) is 0 Å². The van der Waals surface area contributed by atoms with Crippen LogP contribution in [0.5, 0.6) is 5.88 Å². The lowest BCUT2D eigenvalue weighted by atomic mass is 9.96. The fourth-order valence-electron chi connectivity index (χ4n) is 3.35. The Morgan fingerprint density at radius 3 is 2.88 bits per heavy atom. The lowest BCUT2D eigenvalue weighted by Gasteiger charge is -2.34. The van der Waals surface area contributed by atoms with Crippen LogP contribution in [0.25, 0.3) is 0 Å². The van der Waals surface area contributed by atoms with Crippen LogP contribution in [0.4, 0.5) is 5.82 Å². The van der Waals surface area contributed by atoms with Crippen LogP contribution in [-0.2, 0) is 0 Å². The zero-order valence-electron chi connectivity index (χ0n) is 14.8. The van der Waals surface area contributed by atoms with Crippen molar-refractivity contribution in [2.45, 2.75) is 38.6 Å². The van der Waals surface area contributed by atoms with Gasteiger partial charge in [-0.1, -0.05) is 0 Å². The molecule has 25 heavy (non-hydrogen) atoms. The summed E-state index contributed by atoms with van der Waals surface area (Å²) < 4.78 is 7.37. The highest BCUT2D eigenvalue weighted by molar-refractivity contribution is 5.89. The Balaban J connectivity index is 1.87. The predicted molar refractivity (Wildman–Crippen MR) is 94.5 cm³/mol. The van der Waals surface area contributed by atoms with E-state index in [0.717, 1.165) is 31.8 Å². The SMILES string of the molecule is COc1cc(C(=O)O)cc(N2CCCC(c3nccn3C(C)C)C2)n1. The zero-order valence-corrected chi connectivity index (χ0v) is 14.8. The van der Waals surface area contributed by atoms with Crippen LogP contribution in [-0.4, -0.2) is 45.8 Å². The molecule has 1 fully saturated rings. The first-order valence-electron chi connectivity index (χ1n) is 8.56. The van der Waals surface area contributed by atoms with Gasteiger partial charge in [0.2, 0.25) is 5.88 Å². The van der Waals surface area contributed by atoms with E-state index in [1.165, 1.54) is 13.2 Å². The van der Waals surface area contributed by atoms with Crippen molar-refractivity contribution < 1.29 is 14.6 Å². The Morgan fingerprint density at radius 1 is 1.40 bits per heavy atom. The Bertz CT molecular complexity index is 757. The number of nitrogens with zero attached hydrogens (tertiary/aromatic N) is 4. The second kappa shape index (κ2) is 7.13. The Hall–Kier alpha value is -2.57. The van der Waals surface area contributed by atoms with Crippen molar-refractivity contribution in [3.8, 4) is 5.88 Å². The minimum atomic E-state index is -0.981. The molecular formula is C18H24N4O3.